The van der Waals surface area contributed by atoms with Crippen molar-refractivity contribution in [3.8, 4) is 5.75 Å². The zero-order chi connectivity index (χ0) is 10.6. The number of benzene rings is 1. The summed E-state index contributed by atoms with van der Waals surface area (Å²) in [5.74, 6) is -0.238. The van der Waals surface area contributed by atoms with Crippen LogP contribution in [0.5, 0.6) is 5.75 Å². The molecular weight excluding hydrogens is 218 g/mol. The number of rotatable bonds is 3. The molecule has 0 aliphatic carbocycles. The predicted octanol–water partition coefficient (Wildman–Crippen LogP) is -2.56. The SMILES string of the molecule is COC(=O)C(N)Cc1ccc(O)cc1.[Cl-]. The lowest BCUT2D eigenvalue weighted by Crippen LogP contribution is -3.00. The molecule has 1 unspecified atom stereocenters. The molecule has 4 nitrogen and oxygen atoms in total. The number of halogens is 1. The lowest BCUT2D eigenvalue weighted by molar-refractivity contribution is -0.142. The van der Waals surface area contributed by atoms with Crippen molar-refractivity contribution in [2.24, 2.45) is 5.73 Å². The van der Waals surface area contributed by atoms with Gasteiger partial charge in [-0.1, -0.05) is 12.1 Å². The van der Waals surface area contributed by atoms with E-state index in [4.69, 9.17) is 10.8 Å². The molecule has 0 bridgehead atoms. The normalized spacial score (nSPS) is 11.3. The number of hydrogen-bond donors (Lipinski definition) is 2. The number of esters is 1. The van der Waals surface area contributed by atoms with Crippen molar-refractivity contribution < 1.29 is 27.0 Å². The summed E-state index contributed by atoms with van der Waals surface area (Å²) in [5.41, 5.74) is 6.45. The number of nitrogens with two attached hydrogens (primary N) is 1. The number of carbonyl (C=O) groups excluding carboxylic acids is 1. The maximum atomic E-state index is 11.0. The molecule has 0 aromatic heterocycles. The number of ether oxygens (including phenoxy) is 1. The van der Waals surface area contributed by atoms with E-state index in [9.17, 15) is 4.79 Å². The molecule has 0 heterocycles. The van der Waals surface area contributed by atoms with Crippen LogP contribution < -0.4 is 18.1 Å². The number of hydrogen-bond acceptors (Lipinski definition) is 4. The summed E-state index contributed by atoms with van der Waals surface area (Å²) in [6, 6.07) is 5.90. The first-order valence-corrected chi connectivity index (χ1v) is 4.25. The van der Waals surface area contributed by atoms with Crippen molar-refractivity contribution in [2.75, 3.05) is 7.11 Å². The highest BCUT2D eigenvalue weighted by Crippen LogP contribution is 2.10. The molecule has 0 saturated heterocycles. The summed E-state index contributed by atoms with van der Waals surface area (Å²) in [7, 11) is 1.30. The molecule has 5 heteroatoms. The van der Waals surface area contributed by atoms with Crippen LogP contribution >= 0.6 is 0 Å². The van der Waals surface area contributed by atoms with Gasteiger partial charge in [0.1, 0.15) is 11.8 Å². The molecule has 0 aliphatic rings. The van der Waals surface area contributed by atoms with Gasteiger partial charge in [0, 0.05) is 0 Å². The van der Waals surface area contributed by atoms with Crippen molar-refractivity contribution in [3.05, 3.63) is 29.8 Å². The summed E-state index contributed by atoms with van der Waals surface area (Å²) in [4.78, 5) is 11.0. The maximum Gasteiger partial charge on any atom is 0.322 e. The number of phenols is 1. The number of methoxy groups -OCH3 is 1. The number of aromatic hydroxyl groups is 1. The molecule has 3 N–H and O–H groups in total. The van der Waals surface area contributed by atoms with Gasteiger partial charge in [0.25, 0.3) is 0 Å². The predicted molar refractivity (Wildman–Crippen MR) is 51.8 cm³/mol. The van der Waals surface area contributed by atoms with E-state index in [1.165, 1.54) is 7.11 Å². The second kappa shape index (κ2) is 6.27. The average molecular weight is 231 g/mol. The van der Waals surface area contributed by atoms with Gasteiger partial charge in [-0.05, 0) is 24.1 Å². The molecule has 1 aromatic rings. The highest BCUT2D eigenvalue weighted by atomic mass is 35.5. The van der Waals surface area contributed by atoms with Gasteiger partial charge in [-0.2, -0.15) is 0 Å². The van der Waals surface area contributed by atoms with Crippen LogP contribution in [0.1, 0.15) is 5.56 Å². The van der Waals surface area contributed by atoms with Crippen LogP contribution in [0.4, 0.5) is 0 Å². The van der Waals surface area contributed by atoms with E-state index in [0.29, 0.717) is 6.42 Å². The molecule has 84 valence electrons. The Morgan fingerprint density at radius 2 is 2.00 bits per heavy atom. The fraction of sp³-hybridized carbons (Fsp3) is 0.300. The first-order chi connectivity index (χ1) is 6.63. The lowest BCUT2D eigenvalue weighted by Gasteiger charge is -2.08. The van der Waals surface area contributed by atoms with E-state index in [0.717, 1.165) is 5.56 Å². The minimum absolute atomic E-state index is 0. The third kappa shape index (κ3) is 4.18. The molecule has 1 aromatic carbocycles. The zero-order valence-electron chi connectivity index (χ0n) is 8.31. The monoisotopic (exact) mass is 230 g/mol. The molecule has 0 spiro atoms. The van der Waals surface area contributed by atoms with Crippen molar-refractivity contribution >= 4 is 5.97 Å². The minimum Gasteiger partial charge on any atom is -1.00 e. The van der Waals surface area contributed by atoms with Gasteiger partial charge in [-0.15, -0.1) is 0 Å². The molecule has 0 radical (unpaired) electrons. The van der Waals surface area contributed by atoms with Gasteiger partial charge in [0.15, 0.2) is 0 Å². The van der Waals surface area contributed by atoms with E-state index in [1.54, 1.807) is 24.3 Å². The van der Waals surface area contributed by atoms with E-state index in [2.05, 4.69) is 4.74 Å². The van der Waals surface area contributed by atoms with E-state index in [-0.39, 0.29) is 18.2 Å². The first-order valence-electron chi connectivity index (χ1n) is 4.25. The maximum absolute atomic E-state index is 11.0. The van der Waals surface area contributed by atoms with Gasteiger partial charge in [0.2, 0.25) is 0 Å². The fourth-order valence-electron chi connectivity index (χ4n) is 1.12. The zero-order valence-corrected chi connectivity index (χ0v) is 9.07. The van der Waals surface area contributed by atoms with Crippen LogP contribution in [0.15, 0.2) is 24.3 Å². The van der Waals surface area contributed by atoms with Crippen LogP contribution in [-0.2, 0) is 16.0 Å². The highest BCUT2D eigenvalue weighted by molar-refractivity contribution is 5.75. The highest BCUT2D eigenvalue weighted by Gasteiger charge is 2.13. The van der Waals surface area contributed by atoms with E-state index < -0.39 is 12.0 Å². The summed E-state index contributed by atoms with van der Waals surface area (Å²) >= 11 is 0. The topological polar surface area (TPSA) is 72.5 Å². The van der Waals surface area contributed by atoms with Gasteiger partial charge in [0.05, 0.1) is 7.11 Å². The third-order valence-corrected chi connectivity index (χ3v) is 1.90. The van der Waals surface area contributed by atoms with Crippen molar-refractivity contribution in [3.63, 3.8) is 0 Å². The largest absolute Gasteiger partial charge is 1.00 e. The van der Waals surface area contributed by atoms with Gasteiger partial charge in [-0.25, -0.2) is 0 Å². The van der Waals surface area contributed by atoms with Crippen LogP contribution in [0.25, 0.3) is 0 Å². The Hall–Kier alpha value is -1.26. The van der Waals surface area contributed by atoms with Crippen molar-refractivity contribution in [1.82, 2.24) is 0 Å². The molecule has 0 fully saturated rings. The molecule has 1 atom stereocenters. The second-order valence-electron chi connectivity index (χ2n) is 3.00. The Morgan fingerprint density at radius 1 is 1.47 bits per heavy atom. The Kier molecular flexibility index (Phi) is 5.74. The molecular formula is C10H13ClNO3-. The quantitative estimate of drug-likeness (QED) is 0.561. The number of carbonyl (C=O) groups is 1. The Morgan fingerprint density at radius 3 is 2.47 bits per heavy atom. The summed E-state index contributed by atoms with van der Waals surface area (Å²) in [6.07, 6.45) is 0.410. The van der Waals surface area contributed by atoms with Crippen molar-refractivity contribution in [1.29, 1.82) is 0 Å². The Balaban J connectivity index is 0.00000196. The van der Waals surface area contributed by atoms with Crippen LogP contribution in [0.3, 0.4) is 0 Å². The average Bonchev–Trinajstić information content (AvgIpc) is 2.20. The van der Waals surface area contributed by atoms with E-state index >= 15 is 0 Å². The Bertz CT molecular complexity index is 313. The molecule has 0 saturated carbocycles. The van der Waals surface area contributed by atoms with Crippen LogP contribution in [-0.4, -0.2) is 24.2 Å². The first kappa shape index (κ1) is 13.7. The second-order valence-corrected chi connectivity index (χ2v) is 3.00. The van der Waals surface area contributed by atoms with Gasteiger partial charge < -0.3 is 28.0 Å². The summed E-state index contributed by atoms with van der Waals surface area (Å²) < 4.78 is 4.49. The smallest absolute Gasteiger partial charge is 0.322 e. The standard InChI is InChI=1S/C10H13NO3.ClH/c1-14-10(13)9(11)6-7-2-4-8(12)5-3-7;/h2-5,9,12H,6,11H2,1H3;1H/p-1. The molecule has 0 amide bonds. The summed E-state index contributed by atoms with van der Waals surface area (Å²) in [5, 5.41) is 9.02. The minimum atomic E-state index is -0.649. The third-order valence-electron chi connectivity index (χ3n) is 1.90. The fourth-order valence-corrected chi connectivity index (χ4v) is 1.12. The van der Waals surface area contributed by atoms with Crippen LogP contribution in [0.2, 0.25) is 0 Å². The van der Waals surface area contributed by atoms with Crippen molar-refractivity contribution in [2.45, 2.75) is 12.5 Å². The molecule has 0 aliphatic heterocycles. The molecule has 15 heavy (non-hydrogen) atoms. The number of phenolic OH excluding ortho intramolecular Hbond substituents is 1. The van der Waals surface area contributed by atoms with Gasteiger partial charge in [-0.3, -0.25) is 4.79 Å². The van der Waals surface area contributed by atoms with Crippen LogP contribution in [0, 0.1) is 0 Å². The lowest BCUT2D eigenvalue weighted by atomic mass is 10.1. The molecule has 1 rings (SSSR count). The summed E-state index contributed by atoms with van der Waals surface area (Å²) in [6.45, 7) is 0. The Labute approximate surface area is 94.5 Å². The van der Waals surface area contributed by atoms with E-state index in [1.807, 2.05) is 0 Å². The van der Waals surface area contributed by atoms with Gasteiger partial charge >= 0.3 is 5.97 Å².